The van der Waals surface area contributed by atoms with Gasteiger partial charge in [-0.15, -0.1) is 13.2 Å². The van der Waals surface area contributed by atoms with E-state index in [1.54, 1.807) is 19.9 Å². The molecule has 0 bridgehead atoms. The number of carbonyl (C=O) groups excluding carboxylic acids is 1. The molecule has 1 atom stereocenters. The summed E-state index contributed by atoms with van der Waals surface area (Å²) in [6.07, 6.45) is -5.59. The first-order valence-corrected chi connectivity index (χ1v) is 7.03. The SMILES string of the molecule is Cc1cc(CN2C(=O)C(C)Oc3ccc(OC(F)(F)F)cc32)no1. The van der Waals surface area contributed by atoms with Crippen LogP contribution in [0.3, 0.4) is 0 Å². The average molecular weight is 342 g/mol. The maximum absolute atomic E-state index is 12.4. The smallest absolute Gasteiger partial charge is 0.479 e. The number of rotatable bonds is 3. The van der Waals surface area contributed by atoms with Crippen LogP contribution >= 0.6 is 0 Å². The molecule has 128 valence electrons. The molecule has 24 heavy (non-hydrogen) atoms. The van der Waals surface area contributed by atoms with Crippen molar-refractivity contribution in [3.8, 4) is 11.5 Å². The average Bonchev–Trinajstić information content (AvgIpc) is 2.88. The van der Waals surface area contributed by atoms with E-state index in [9.17, 15) is 18.0 Å². The molecule has 1 amide bonds. The molecule has 1 aromatic heterocycles. The number of benzene rings is 1. The van der Waals surface area contributed by atoms with Crippen molar-refractivity contribution in [3.05, 3.63) is 35.7 Å². The molecule has 0 saturated carbocycles. The van der Waals surface area contributed by atoms with Crippen LogP contribution in [0.4, 0.5) is 18.9 Å². The van der Waals surface area contributed by atoms with Crippen LogP contribution in [0.2, 0.25) is 0 Å². The van der Waals surface area contributed by atoms with E-state index in [0.29, 0.717) is 11.5 Å². The number of aromatic nitrogens is 1. The molecule has 3 rings (SSSR count). The summed E-state index contributed by atoms with van der Waals surface area (Å²) in [6.45, 7) is 3.31. The predicted molar refractivity (Wildman–Crippen MR) is 75.6 cm³/mol. The molecule has 0 radical (unpaired) electrons. The van der Waals surface area contributed by atoms with Crippen LogP contribution in [-0.2, 0) is 11.3 Å². The van der Waals surface area contributed by atoms with Gasteiger partial charge in [-0.1, -0.05) is 5.16 Å². The zero-order valence-electron chi connectivity index (χ0n) is 12.8. The highest BCUT2D eigenvalue weighted by Gasteiger charge is 2.35. The Hall–Kier alpha value is -2.71. The Labute approximate surface area is 134 Å². The zero-order valence-corrected chi connectivity index (χ0v) is 12.8. The fraction of sp³-hybridized carbons (Fsp3) is 0.333. The quantitative estimate of drug-likeness (QED) is 0.857. The van der Waals surface area contributed by atoms with Gasteiger partial charge in [0.2, 0.25) is 0 Å². The molecular weight excluding hydrogens is 329 g/mol. The topological polar surface area (TPSA) is 64.8 Å². The third kappa shape index (κ3) is 3.29. The second-order valence-electron chi connectivity index (χ2n) is 5.29. The first kappa shape index (κ1) is 16.2. The number of hydrogen-bond donors (Lipinski definition) is 0. The summed E-state index contributed by atoms with van der Waals surface area (Å²) in [7, 11) is 0. The van der Waals surface area contributed by atoms with Gasteiger partial charge in [0, 0.05) is 12.1 Å². The largest absolute Gasteiger partial charge is 0.573 e. The Bertz CT molecular complexity index is 772. The van der Waals surface area contributed by atoms with Crippen LogP contribution in [0.25, 0.3) is 0 Å². The molecule has 0 aliphatic carbocycles. The van der Waals surface area contributed by atoms with Crippen molar-refractivity contribution in [1.82, 2.24) is 5.16 Å². The minimum Gasteiger partial charge on any atom is -0.479 e. The Kier molecular flexibility index (Phi) is 3.86. The highest BCUT2D eigenvalue weighted by atomic mass is 19.4. The normalized spacial score (nSPS) is 17.5. The molecular formula is C15H13F3N2O4. The van der Waals surface area contributed by atoms with Gasteiger partial charge in [0.05, 0.1) is 12.2 Å². The number of ether oxygens (including phenoxy) is 2. The lowest BCUT2D eigenvalue weighted by molar-refractivity contribution is -0.274. The van der Waals surface area contributed by atoms with Gasteiger partial charge in [-0.3, -0.25) is 9.69 Å². The van der Waals surface area contributed by atoms with Crippen LogP contribution in [0.1, 0.15) is 18.4 Å². The lowest BCUT2D eigenvalue weighted by atomic mass is 10.1. The van der Waals surface area contributed by atoms with Gasteiger partial charge in [0.15, 0.2) is 6.10 Å². The summed E-state index contributed by atoms with van der Waals surface area (Å²) in [5, 5.41) is 3.80. The third-order valence-corrected chi connectivity index (χ3v) is 3.37. The number of anilines is 1. The van der Waals surface area contributed by atoms with Gasteiger partial charge in [-0.2, -0.15) is 0 Å². The van der Waals surface area contributed by atoms with Crippen molar-refractivity contribution < 1.29 is 32.0 Å². The lowest BCUT2D eigenvalue weighted by Gasteiger charge is -2.32. The third-order valence-electron chi connectivity index (χ3n) is 3.37. The standard InChI is InChI=1S/C15H13F3N2O4/c1-8-5-10(19-24-8)7-20-12-6-11(23-15(16,17)18)3-4-13(12)22-9(2)14(20)21/h3-6,9H,7H2,1-2H3. The molecule has 1 unspecified atom stereocenters. The van der Waals surface area contributed by atoms with E-state index in [0.717, 1.165) is 12.1 Å². The van der Waals surface area contributed by atoms with Crippen LogP contribution in [-0.4, -0.2) is 23.5 Å². The highest BCUT2D eigenvalue weighted by molar-refractivity contribution is 5.99. The Morgan fingerprint density at radius 3 is 2.71 bits per heavy atom. The van der Waals surface area contributed by atoms with Crippen LogP contribution in [0.5, 0.6) is 11.5 Å². The second-order valence-corrected chi connectivity index (χ2v) is 5.29. The Balaban J connectivity index is 1.96. The molecule has 9 heteroatoms. The molecule has 1 aromatic carbocycles. The molecule has 0 fully saturated rings. The maximum atomic E-state index is 12.4. The number of carbonyl (C=O) groups is 1. The van der Waals surface area contributed by atoms with Crippen molar-refractivity contribution in [2.75, 3.05) is 4.90 Å². The number of fused-ring (bicyclic) bond motifs is 1. The van der Waals surface area contributed by atoms with E-state index in [1.165, 1.54) is 11.0 Å². The fourth-order valence-corrected chi connectivity index (χ4v) is 2.40. The molecule has 0 saturated heterocycles. The zero-order chi connectivity index (χ0) is 17.5. The highest BCUT2D eigenvalue weighted by Crippen LogP contribution is 2.39. The molecule has 6 nitrogen and oxygen atoms in total. The minimum absolute atomic E-state index is 0.0480. The van der Waals surface area contributed by atoms with E-state index < -0.39 is 24.1 Å². The Morgan fingerprint density at radius 2 is 2.08 bits per heavy atom. The number of nitrogens with zero attached hydrogens (tertiary/aromatic N) is 2. The van der Waals surface area contributed by atoms with Gasteiger partial charge in [-0.05, 0) is 26.0 Å². The van der Waals surface area contributed by atoms with Gasteiger partial charge < -0.3 is 14.0 Å². The van der Waals surface area contributed by atoms with Crippen molar-refractivity contribution >= 4 is 11.6 Å². The number of aryl methyl sites for hydroxylation is 1. The van der Waals surface area contributed by atoms with E-state index >= 15 is 0 Å². The monoisotopic (exact) mass is 342 g/mol. The minimum atomic E-state index is -4.82. The number of halogens is 3. The summed E-state index contributed by atoms with van der Waals surface area (Å²) < 4.78 is 51.5. The van der Waals surface area contributed by atoms with E-state index in [1.807, 2.05) is 0 Å². The first-order valence-electron chi connectivity index (χ1n) is 7.03. The number of amides is 1. The van der Waals surface area contributed by atoms with Crippen LogP contribution < -0.4 is 14.4 Å². The van der Waals surface area contributed by atoms with Crippen LogP contribution in [0.15, 0.2) is 28.8 Å². The van der Waals surface area contributed by atoms with Crippen molar-refractivity contribution in [3.63, 3.8) is 0 Å². The van der Waals surface area contributed by atoms with Crippen molar-refractivity contribution in [1.29, 1.82) is 0 Å². The lowest BCUT2D eigenvalue weighted by Crippen LogP contribution is -2.44. The summed E-state index contributed by atoms with van der Waals surface area (Å²) in [5.74, 6) is 0.0193. The summed E-state index contributed by atoms with van der Waals surface area (Å²) in [6, 6.07) is 5.22. The summed E-state index contributed by atoms with van der Waals surface area (Å²) in [5.41, 5.74) is 0.656. The van der Waals surface area contributed by atoms with Gasteiger partial charge in [-0.25, -0.2) is 0 Å². The number of alkyl halides is 3. The number of hydrogen-bond acceptors (Lipinski definition) is 5. The van der Waals surface area contributed by atoms with Crippen molar-refractivity contribution in [2.45, 2.75) is 32.9 Å². The molecule has 2 heterocycles. The fourth-order valence-electron chi connectivity index (χ4n) is 2.40. The molecule has 0 spiro atoms. The van der Waals surface area contributed by atoms with Gasteiger partial charge in [0.25, 0.3) is 5.91 Å². The maximum Gasteiger partial charge on any atom is 0.573 e. The van der Waals surface area contributed by atoms with Gasteiger partial charge >= 0.3 is 6.36 Å². The van der Waals surface area contributed by atoms with Crippen LogP contribution in [0, 0.1) is 6.92 Å². The van der Waals surface area contributed by atoms with E-state index in [-0.39, 0.29) is 18.0 Å². The van der Waals surface area contributed by atoms with E-state index in [2.05, 4.69) is 9.89 Å². The molecule has 1 aliphatic rings. The van der Waals surface area contributed by atoms with Crippen molar-refractivity contribution in [2.24, 2.45) is 0 Å². The molecule has 2 aromatic rings. The first-order chi connectivity index (χ1) is 11.2. The summed E-state index contributed by atoms with van der Waals surface area (Å²) >= 11 is 0. The Morgan fingerprint density at radius 1 is 1.33 bits per heavy atom. The summed E-state index contributed by atoms with van der Waals surface area (Å²) in [4.78, 5) is 13.7. The predicted octanol–water partition coefficient (Wildman–Crippen LogP) is 3.20. The van der Waals surface area contributed by atoms with Gasteiger partial charge in [0.1, 0.15) is 23.0 Å². The van der Waals surface area contributed by atoms with E-state index in [4.69, 9.17) is 9.26 Å². The molecule has 1 aliphatic heterocycles. The molecule has 0 N–H and O–H groups in total. The second kappa shape index (κ2) is 5.73.